The van der Waals surface area contributed by atoms with Gasteiger partial charge in [0.2, 0.25) is 5.91 Å². The van der Waals surface area contributed by atoms with Crippen LogP contribution in [0.15, 0.2) is 72.8 Å². The molecule has 0 spiro atoms. The normalized spacial score (nSPS) is 10.4. The molecule has 0 saturated carbocycles. The van der Waals surface area contributed by atoms with Crippen molar-refractivity contribution in [3.63, 3.8) is 0 Å². The maximum atomic E-state index is 12.2. The number of anilines is 2. The maximum absolute atomic E-state index is 12.2. The lowest BCUT2D eigenvalue weighted by Crippen LogP contribution is -2.21. The highest BCUT2D eigenvalue weighted by Gasteiger charge is 2.08. The average molecular weight is 415 g/mol. The summed E-state index contributed by atoms with van der Waals surface area (Å²) in [6.07, 6.45) is 0.835. The van der Waals surface area contributed by atoms with Crippen LogP contribution < -0.4 is 15.4 Å². The third-order valence-corrected chi connectivity index (χ3v) is 4.83. The molecule has 0 aliphatic heterocycles. The Bertz CT molecular complexity index is 933. The van der Waals surface area contributed by atoms with Crippen LogP contribution >= 0.6 is 23.2 Å². The van der Waals surface area contributed by atoms with Crippen LogP contribution in [0, 0.1) is 0 Å². The lowest BCUT2D eigenvalue weighted by atomic mass is 10.2. The topological polar surface area (TPSA) is 50.4 Å². The first-order valence-corrected chi connectivity index (χ1v) is 9.62. The highest BCUT2D eigenvalue weighted by molar-refractivity contribution is 6.44. The molecule has 3 aromatic rings. The quantitative estimate of drug-likeness (QED) is 0.499. The SMILES string of the molecule is O=C(CNc1cccc(OCCc2ccccc2)c1)Nc1cccc(Cl)c1Cl. The van der Waals surface area contributed by atoms with Gasteiger partial charge in [0.25, 0.3) is 0 Å². The third kappa shape index (κ3) is 5.91. The molecule has 0 atom stereocenters. The second-order valence-electron chi connectivity index (χ2n) is 6.12. The van der Waals surface area contributed by atoms with Crippen molar-refractivity contribution in [1.29, 1.82) is 0 Å². The second kappa shape index (κ2) is 10.0. The van der Waals surface area contributed by atoms with Crippen molar-refractivity contribution in [3.05, 3.63) is 88.4 Å². The molecule has 0 unspecified atom stereocenters. The standard InChI is InChI=1S/C22H20Cl2N2O2/c23-19-10-5-11-20(22(19)24)26-21(27)15-25-17-8-4-9-18(14-17)28-13-12-16-6-2-1-3-7-16/h1-11,14,25H,12-13,15H2,(H,26,27). The summed E-state index contributed by atoms with van der Waals surface area (Å²) >= 11 is 12.0. The number of ether oxygens (including phenoxy) is 1. The fourth-order valence-corrected chi connectivity index (χ4v) is 2.95. The molecule has 6 heteroatoms. The van der Waals surface area contributed by atoms with Gasteiger partial charge in [-0.05, 0) is 29.8 Å². The van der Waals surface area contributed by atoms with E-state index < -0.39 is 0 Å². The summed E-state index contributed by atoms with van der Waals surface area (Å²) < 4.78 is 5.81. The van der Waals surface area contributed by atoms with Gasteiger partial charge in [0, 0.05) is 18.2 Å². The van der Waals surface area contributed by atoms with Crippen LogP contribution in [0.1, 0.15) is 5.56 Å². The molecular weight excluding hydrogens is 395 g/mol. The molecule has 0 saturated heterocycles. The van der Waals surface area contributed by atoms with Crippen LogP contribution in [0.4, 0.5) is 11.4 Å². The van der Waals surface area contributed by atoms with E-state index in [4.69, 9.17) is 27.9 Å². The minimum atomic E-state index is -0.223. The van der Waals surface area contributed by atoms with Crippen molar-refractivity contribution < 1.29 is 9.53 Å². The van der Waals surface area contributed by atoms with Crippen LogP contribution in [0.3, 0.4) is 0 Å². The molecule has 3 rings (SSSR count). The average Bonchev–Trinajstić information content (AvgIpc) is 2.71. The largest absolute Gasteiger partial charge is 0.493 e. The Morgan fingerprint density at radius 2 is 1.71 bits per heavy atom. The Morgan fingerprint density at radius 3 is 2.54 bits per heavy atom. The first-order chi connectivity index (χ1) is 13.6. The highest BCUT2D eigenvalue weighted by Crippen LogP contribution is 2.29. The van der Waals surface area contributed by atoms with E-state index in [2.05, 4.69) is 22.8 Å². The zero-order valence-corrected chi connectivity index (χ0v) is 16.6. The highest BCUT2D eigenvalue weighted by atomic mass is 35.5. The van der Waals surface area contributed by atoms with Gasteiger partial charge in [-0.1, -0.05) is 65.7 Å². The van der Waals surface area contributed by atoms with Gasteiger partial charge in [0.1, 0.15) is 5.75 Å². The van der Waals surface area contributed by atoms with Gasteiger partial charge in [0.05, 0.1) is 28.9 Å². The van der Waals surface area contributed by atoms with Crippen molar-refractivity contribution in [2.45, 2.75) is 6.42 Å². The zero-order valence-electron chi connectivity index (χ0n) is 15.1. The van der Waals surface area contributed by atoms with Gasteiger partial charge in [-0.2, -0.15) is 0 Å². The first kappa shape index (κ1) is 20.1. The van der Waals surface area contributed by atoms with E-state index in [0.29, 0.717) is 22.3 Å². The summed E-state index contributed by atoms with van der Waals surface area (Å²) in [5.41, 5.74) is 2.51. The fraction of sp³-hybridized carbons (Fsp3) is 0.136. The Hall–Kier alpha value is -2.69. The predicted molar refractivity (Wildman–Crippen MR) is 116 cm³/mol. The van der Waals surface area contributed by atoms with Gasteiger partial charge in [-0.3, -0.25) is 4.79 Å². The Labute approximate surface area is 174 Å². The minimum absolute atomic E-state index is 0.0936. The summed E-state index contributed by atoms with van der Waals surface area (Å²) in [5.74, 6) is 0.527. The number of rotatable bonds is 8. The van der Waals surface area contributed by atoms with Crippen molar-refractivity contribution in [2.24, 2.45) is 0 Å². The zero-order chi connectivity index (χ0) is 19.8. The number of hydrogen-bond donors (Lipinski definition) is 2. The third-order valence-electron chi connectivity index (χ3n) is 4.02. The Balaban J connectivity index is 1.48. The first-order valence-electron chi connectivity index (χ1n) is 8.86. The molecule has 0 bridgehead atoms. The molecule has 0 aromatic heterocycles. The van der Waals surface area contributed by atoms with Crippen LogP contribution in [0.2, 0.25) is 10.0 Å². The lowest BCUT2D eigenvalue weighted by Gasteiger charge is -2.11. The van der Waals surface area contributed by atoms with E-state index in [1.165, 1.54) is 5.56 Å². The molecule has 3 aromatic carbocycles. The summed E-state index contributed by atoms with van der Waals surface area (Å²) in [6.45, 7) is 0.678. The van der Waals surface area contributed by atoms with E-state index in [0.717, 1.165) is 17.9 Å². The Kier molecular flexibility index (Phi) is 7.18. The Morgan fingerprint density at radius 1 is 0.929 bits per heavy atom. The molecule has 28 heavy (non-hydrogen) atoms. The van der Waals surface area contributed by atoms with Gasteiger partial charge < -0.3 is 15.4 Å². The van der Waals surface area contributed by atoms with Gasteiger partial charge in [-0.25, -0.2) is 0 Å². The van der Waals surface area contributed by atoms with E-state index in [1.807, 2.05) is 42.5 Å². The summed E-state index contributed by atoms with van der Waals surface area (Å²) in [6, 6.07) is 22.8. The maximum Gasteiger partial charge on any atom is 0.243 e. The molecule has 0 heterocycles. The second-order valence-corrected chi connectivity index (χ2v) is 6.90. The van der Waals surface area contributed by atoms with Crippen LogP contribution in [0.5, 0.6) is 5.75 Å². The molecule has 0 radical (unpaired) electrons. The van der Waals surface area contributed by atoms with Crippen LogP contribution in [-0.4, -0.2) is 19.1 Å². The fourth-order valence-electron chi connectivity index (χ4n) is 2.60. The number of benzene rings is 3. The number of carbonyl (C=O) groups excluding carboxylic acids is 1. The van der Waals surface area contributed by atoms with E-state index >= 15 is 0 Å². The summed E-state index contributed by atoms with van der Waals surface area (Å²) in [7, 11) is 0. The predicted octanol–water partition coefficient (Wildman–Crippen LogP) is 5.67. The lowest BCUT2D eigenvalue weighted by molar-refractivity contribution is -0.114. The number of nitrogens with one attached hydrogen (secondary N) is 2. The molecule has 4 nitrogen and oxygen atoms in total. The molecule has 2 N–H and O–H groups in total. The molecule has 0 aliphatic rings. The molecule has 0 fully saturated rings. The van der Waals surface area contributed by atoms with Crippen molar-refractivity contribution in [2.75, 3.05) is 23.8 Å². The summed E-state index contributed by atoms with van der Waals surface area (Å²) in [5, 5.41) is 6.54. The summed E-state index contributed by atoms with van der Waals surface area (Å²) in [4.78, 5) is 12.2. The number of halogens is 2. The van der Waals surface area contributed by atoms with E-state index in [-0.39, 0.29) is 12.5 Å². The monoisotopic (exact) mass is 414 g/mol. The van der Waals surface area contributed by atoms with Crippen molar-refractivity contribution >= 4 is 40.5 Å². The van der Waals surface area contributed by atoms with Crippen molar-refractivity contribution in [1.82, 2.24) is 0 Å². The van der Waals surface area contributed by atoms with Crippen LogP contribution in [0.25, 0.3) is 0 Å². The molecular formula is C22H20Cl2N2O2. The minimum Gasteiger partial charge on any atom is -0.493 e. The van der Waals surface area contributed by atoms with Crippen LogP contribution in [-0.2, 0) is 11.2 Å². The smallest absolute Gasteiger partial charge is 0.243 e. The van der Waals surface area contributed by atoms with Gasteiger partial charge in [-0.15, -0.1) is 0 Å². The number of carbonyl (C=O) groups is 1. The number of hydrogen-bond acceptors (Lipinski definition) is 3. The van der Waals surface area contributed by atoms with Gasteiger partial charge in [0.15, 0.2) is 0 Å². The van der Waals surface area contributed by atoms with Crippen molar-refractivity contribution in [3.8, 4) is 5.75 Å². The van der Waals surface area contributed by atoms with E-state index in [9.17, 15) is 4.79 Å². The number of amides is 1. The molecule has 1 amide bonds. The molecule has 144 valence electrons. The van der Waals surface area contributed by atoms with Gasteiger partial charge >= 0.3 is 0 Å². The van der Waals surface area contributed by atoms with E-state index in [1.54, 1.807) is 18.2 Å². The molecule has 0 aliphatic carbocycles.